The van der Waals surface area contributed by atoms with Crippen LogP contribution in [-0.2, 0) is 22.7 Å². The Bertz CT molecular complexity index is 703. The van der Waals surface area contributed by atoms with Gasteiger partial charge in [0.15, 0.2) is 5.82 Å². The van der Waals surface area contributed by atoms with Crippen molar-refractivity contribution in [3.63, 3.8) is 0 Å². The molecule has 0 radical (unpaired) electrons. The maximum Gasteiger partial charge on any atom is 0.249 e. The molecular formula is C14H14N4O2S. The number of fused-ring (bicyclic) bond motifs is 1. The van der Waals surface area contributed by atoms with Gasteiger partial charge in [0.1, 0.15) is 0 Å². The molecule has 2 amide bonds. The largest absolute Gasteiger partial charge is 0.333 e. The number of carbonyl (C=O) groups is 2. The number of anilines is 1. The summed E-state index contributed by atoms with van der Waals surface area (Å²) in [5.74, 6) is 0.264. The van der Waals surface area contributed by atoms with Gasteiger partial charge in [-0.25, -0.2) is 0 Å². The highest BCUT2D eigenvalue weighted by Gasteiger charge is 2.26. The molecule has 2 N–H and O–H groups in total. The summed E-state index contributed by atoms with van der Waals surface area (Å²) in [5.41, 5.74) is 2.75. The summed E-state index contributed by atoms with van der Waals surface area (Å²) in [4.78, 5) is 25.0. The van der Waals surface area contributed by atoms with Crippen molar-refractivity contribution < 1.29 is 9.59 Å². The van der Waals surface area contributed by atoms with Crippen molar-refractivity contribution in [2.45, 2.75) is 20.0 Å². The molecule has 0 spiro atoms. The first kappa shape index (κ1) is 13.6. The van der Waals surface area contributed by atoms with Crippen LogP contribution in [0, 0.1) is 0 Å². The van der Waals surface area contributed by atoms with Crippen molar-refractivity contribution in [2.24, 2.45) is 0 Å². The molecule has 0 bridgehead atoms. The average molecular weight is 302 g/mol. The van der Waals surface area contributed by atoms with Gasteiger partial charge in [-0.3, -0.25) is 14.7 Å². The summed E-state index contributed by atoms with van der Waals surface area (Å²) in [5, 5.41) is 13.6. The van der Waals surface area contributed by atoms with E-state index in [0.717, 1.165) is 16.8 Å². The molecule has 1 aliphatic rings. The quantitative estimate of drug-likeness (QED) is 0.851. The van der Waals surface area contributed by atoms with Crippen LogP contribution in [-0.4, -0.2) is 26.9 Å². The Kier molecular flexibility index (Phi) is 3.57. The highest BCUT2D eigenvalue weighted by Crippen LogP contribution is 2.26. The number of rotatable bonds is 3. The maximum atomic E-state index is 11.9. The summed E-state index contributed by atoms with van der Waals surface area (Å²) < 4.78 is 0. The highest BCUT2D eigenvalue weighted by molar-refractivity contribution is 7.08. The van der Waals surface area contributed by atoms with Crippen molar-refractivity contribution in [1.82, 2.24) is 15.1 Å². The van der Waals surface area contributed by atoms with Crippen molar-refractivity contribution in [3.05, 3.63) is 39.7 Å². The van der Waals surface area contributed by atoms with Crippen LogP contribution in [0.25, 0.3) is 6.08 Å². The topological polar surface area (TPSA) is 78.1 Å². The first-order valence-electron chi connectivity index (χ1n) is 6.46. The number of nitrogens with zero attached hydrogens (tertiary/aromatic N) is 2. The minimum Gasteiger partial charge on any atom is -0.333 e. The molecule has 3 rings (SSSR count). The van der Waals surface area contributed by atoms with Crippen molar-refractivity contribution in [3.8, 4) is 0 Å². The third-order valence-electron chi connectivity index (χ3n) is 3.31. The van der Waals surface area contributed by atoms with E-state index in [1.54, 1.807) is 22.3 Å². The van der Waals surface area contributed by atoms with Crippen molar-refractivity contribution in [2.75, 3.05) is 5.32 Å². The average Bonchev–Trinajstić information content (AvgIpc) is 3.14. The summed E-state index contributed by atoms with van der Waals surface area (Å²) in [6.45, 7) is 2.52. The lowest BCUT2D eigenvalue weighted by Crippen LogP contribution is -2.22. The fourth-order valence-corrected chi connectivity index (χ4v) is 2.79. The van der Waals surface area contributed by atoms with Gasteiger partial charge in [-0.1, -0.05) is 0 Å². The SMILES string of the molecule is CC(=O)N1Cc2[nH]nc(NC(=O)/C=C\c3ccsc3)c2C1. The number of amides is 2. The number of nitrogens with one attached hydrogen (secondary N) is 2. The zero-order valence-electron chi connectivity index (χ0n) is 11.4. The first-order valence-corrected chi connectivity index (χ1v) is 7.40. The van der Waals surface area contributed by atoms with Crippen molar-refractivity contribution >= 4 is 35.0 Å². The molecule has 0 aliphatic carbocycles. The van der Waals surface area contributed by atoms with E-state index in [4.69, 9.17) is 0 Å². The second-order valence-corrected chi connectivity index (χ2v) is 5.56. The molecule has 108 valence electrons. The van der Waals surface area contributed by atoms with Gasteiger partial charge in [0, 0.05) is 18.6 Å². The van der Waals surface area contributed by atoms with Crippen LogP contribution in [0.2, 0.25) is 0 Å². The number of aromatic nitrogens is 2. The molecule has 0 atom stereocenters. The predicted octanol–water partition coefficient (Wildman–Crippen LogP) is 1.99. The normalized spacial score (nSPS) is 13.7. The van der Waals surface area contributed by atoms with Crippen LogP contribution >= 0.6 is 11.3 Å². The van der Waals surface area contributed by atoms with Crippen LogP contribution in [0.5, 0.6) is 0 Å². The van der Waals surface area contributed by atoms with Gasteiger partial charge < -0.3 is 10.2 Å². The smallest absolute Gasteiger partial charge is 0.249 e. The van der Waals surface area contributed by atoms with E-state index in [2.05, 4.69) is 15.5 Å². The standard InChI is InChI=1S/C14H14N4O2S/c1-9(19)18-6-11-12(7-18)16-17-14(11)15-13(20)3-2-10-4-5-21-8-10/h2-5,8H,6-7H2,1H3,(H2,15,16,17,20)/b3-2-. The van der Waals surface area contributed by atoms with E-state index in [1.807, 2.05) is 16.8 Å². The number of thiophene rings is 1. The molecule has 6 nitrogen and oxygen atoms in total. The molecule has 0 saturated carbocycles. The van der Waals surface area contributed by atoms with E-state index in [9.17, 15) is 9.59 Å². The van der Waals surface area contributed by atoms with E-state index in [1.165, 1.54) is 13.0 Å². The molecule has 21 heavy (non-hydrogen) atoms. The Balaban J connectivity index is 1.67. The molecule has 0 saturated heterocycles. The second-order valence-electron chi connectivity index (χ2n) is 4.78. The molecule has 0 unspecified atom stereocenters. The van der Waals surface area contributed by atoms with E-state index < -0.39 is 0 Å². The lowest BCUT2D eigenvalue weighted by molar-refractivity contribution is -0.129. The summed E-state index contributed by atoms with van der Waals surface area (Å²) >= 11 is 1.58. The summed E-state index contributed by atoms with van der Waals surface area (Å²) in [6, 6.07) is 1.94. The molecule has 7 heteroatoms. The molecule has 0 fully saturated rings. The van der Waals surface area contributed by atoms with Crippen LogP contribution in [0.1, 0.15) is 23.7 Å². The number of hydrogen-bond acceptors (Lipinski definition) is 4. The van der Waals surface area contributed by atoms with Gasteiger partial charge in [0.25, 0.3) is 0 Å². The highest BCUT2D eigenvalue weighted by atomic mass is 32.1. The minimum absolute atomic E-state index is 0.00855. The third-order valence-corrected chi connectivity index (χ3v) is 4.01. The Morgan fingerprint density at radius 1 is 1.48 bits per heavy atom. The number of carbonyl (C=O) groups excluding carboxylic acids is 2. The molecular weight excluding hydrogens is 288 g/mol. The Morgan fingerprint density at radius 2 is 2.33 bits per heavy atom. The molecule has 2 aromatic rings. The zero-order valence-corrected chi connectivity index (χ0v) is 12.2. The van der Waals surface area contributed by atoms with Gasteiger partial charge in [-0.15, -0.1) is 0 Å². The second kappa shape index (κ2) is 5.53. The van der Waals surface area contributed by atoms with Gasteiger partial charge in [0.05, 0.1) is 18.8 Å². The molecule has 3 heterocycles. The van der Waals surface area contributed by atoms with Gasteiger partial charge in [0.2, 0.25) is 11.8 Å². The lowest BCUT2D eigenvalue weighted by atomic mass is 10.2. The molecule has 1 aliphatic heterocycles. The number of H-pyrrole nitrogens is 1. The molecule has 0 aromatic carbocycles. The van der Waals surface area contributed by atoms with E-state index in [0.29, 0.717) is 18.9 Å². The van der Waals surface area contributed by atoms with Crippen LogP contribution in [0.3, 0.4) is 0 Å². The van der Waals surface area contributed by atoms with Gasteiger partial charge in [-0.2, -0.15) is 16.4 Å². The van der Waals surface area contributed by atoms with Crippen LogP contribution in [0.15, 0.2) is 22.9 Å². The van der Waals surface area contributed by atoms with E-state index >= 15 is 0 Å². The predicted molar refractivity (Wildman–Crippen MR) is 80.5 cm³/mol. The first-order chi connectivity index (χ1) is 10.1. The lowest BCUT2D eigenvalue weighted by Gasteiger charge is -2.12. The fourth-order valence-electron chi connectivity index (χ4n) is 2.17. The maximum absolute atomic E-state index is 11.9. The zero-order chi connectivity index (χ0) is 14.8. The van der Waals surface area contributed by atoms with Gasteiger partial charge >= 0.3 is 0 Å². The Labute approximate surface area is 125 Å². The summed E-state index contributed by atoms with van der Waals surface area (Å²) in [6.07, 6.45) is 3.22. The summed E-state index contributed by atoms with van der Waals surface area (Å²) in [7, 11) is 0. The Hall–Kier alpha value is -2.41. The van der Waals surface area contributed by atoms with Crippen LogP contribution < -0.4 is 5.32 Å². The van der Waals surface area contributed by atoms with Crippen molar-refractivity contribution in [1.29, 1.82) is 0 Å². The number of aromatic amines is 1. The number of hydrogen-bond donors (Lipinski definition) is 2. The fraction of sp³-hybridized carbons (Fsp3) is 0.214. The monoisotopic (exact) mass is 302 g/mol. The van der Waals surface area contributed by atoms with E-state index in [-0.39, 0.29) is 11.8 Å². The van der Waals surface area contributed by atoms with Gasteiger partial charge in [-0.05, 0) is 28.5 Å². The Morgan fingerprint density at radius 3 is 3.05 bits per heavy atom. The third kappa shape index (κ3) is 2.87. The minimum atomic E-state index is -0.239. The van der Waals surface area contributed by atoms with Crippen LogP contribution in [0.4, 0.5) is 5.82 Å². The molecule has 2 aromatic heterocycles.